The van der Waals surface area contributed by atoms with Crippen LogP contribution in [0, 0.1) is 3.57 Å². The standard InChI is InChI=1S/C18H20IN3O5/c1-24-13-4-3-5-14(10-13)26-6-7-27-17-15(19)8-12(9-16(17)25-2)11-21-22-18(20)23/h3-5,8-11H,6-7H2,1-2H3,(H3,20,22,23)/b21-11-. The molecule has 0 fully saturated rings. The molecule has 0 saturated carbocycles. The Morgan fingerprint density at radius 1 is 1.15 bits per heavy atom. The van der Waals surface area contributed by atoms with Gasteiger partial charge in [0.25, 0.3) is 0 Å². The van der Waals surface area contributed by atoms with Crippen molar-refractivity contribution in [2.75, 3.05) is 27.4 Å². The number of nitrogens with one attached hydrogen (secondary N) is 1. The highest BCUT2D eigenvalue weighted by atomic mass is 127. The van der Waals surface area contributed by atoms with Gasteiger partial charge in [0.05, 0.1) is 24.0 Å². The first-order valence-corrected chi connectivity index (χ1v) is 8.97. The Kier molecular flexibility index (Phi) is 7.99. The van der Waals surface area contributed by atoms with Gasteiger partial charge in [-0.05, 0) is 52.4 Å². The van der Waals surface area contributed by atoms with Crippen molar-refractivity contribution in [3.8, 4) is 23.0 Å². The van der Waals surface area contributed by atoms with Gasteiger partial charge in [-0.1, -0.05) is 6.07 Å². The van der Waals surface area contributed by atoms with Gasteiger partial charge >= 0.3 is 6.03 Å². The molecule has 2 aromatic carbocycles. The molecule has 0 aromatic heterocycles. The molecule has 0 aliphatic heterocycles. The maximum atomic E-state index is 10.7. The van der Waals surface area contributed by atoms with Gasteiger partial charge in [-0.25, -0.2) is 10.2 Å². The lowest BCUT2D eigenvalue weighted by Crippen LogP contribution is -2.24. The molecule has 2 aromatic rings. The summed E-state index contributed by atoms with van der Waals surface area (Å²) in [6, 6.07) is 10.2. The number of benzene rings is 2. The quantitative estimate of drug-likeness (QED) is 0.246. The number of carbonyl (C=O) groups excluding carboxylic acids is 1. The number of primary amides is 1. The maximum Gasteiger partial charge on any atom is 0.332 e. The predicted octanol–water partition coefficient (Wildman–Crippen LogP) is 2.77. The van der Waals surface area contributed by atoms with E-state index in [-0.39, 0.29) is 0 Å². The minimum absolute atomic E-state index is 0.334. The van der Waals surface area contributed by atoms with Crippen LogP contribution < -0.4 is 30.1 Å². The summed E-state index contributed by atoms with van der Waals surface area (Å²) < 4.78 is 22.8. The second-order valence-electron chi connectivity index (χ2n) is 5.14. The number of nitrogens with zero attached hydrogens (tertiary/aromatic N) is 1. The molecule has 0 atom stereocenters. The average molecular weight is 485 g/mol. The van der Waals surface area contributed by atoms with Crippen LogP contribution in [0.15, 0.2) is 41.5 Å². The smallest absolute Gasteiger partial charge is 0.332 e. The summed E-state index contributed by atoms with van der Waals surface area (Å²) in [6.45, 7) is 0.693. The third-order valence-corrected chi connectivity index (χ3v) is 4.08. The molecule has 0 saturated heterocycles. The molecular weight excluding hydrogens is 465 g/mol. The minimum atomic E-state index is -0.732. The number of amides is 2. The fourth-order valence-corrected chi connectivity index (χ4v) is 2.90. The van der Waals surface area contributed by atoms with E-state index in [1.54, 1.807) is 26.4 Å². The van der Waals surface area contributed by atoms with E-state index in [2.05, 4.69) is 33.1 Å². The van der Waals surface area contributed by atoms with E-state index < -0.39 is 6.03 Å². The number of carbonyl (C=O) groups is 1. The van der Waals surface area contributed by atoms with E-state index in [1.807, 2.05) is 24.3 Å². The number of nitrogens with two attached hydrogens (primary N) is 1. The lowest BCUT2D eigenvalue weighted by molar-refractivity contribution is 0.210. The van der Waals surface area contributed by atoms with Gasteiger partial charge in [0.1, 0.15) is 24.7 Å². The molecule has 0 heterocycles. The van der Waals surface area contributed by atoms with E-state index in [9.17, 15) is 4.79 Å². The molecule has 0 spiro atoms. The van der Waals surface area contributed by atoms with Crippen LogP contribution in [0.3, 0.4) is 0 Å². The summed E-state index contributed by atoms with van der Waals surface area (Å²) in [5.74, 6) is 2.58. The van der Waals surface area contributed by atoms with Crippen molar-refractivity contribution in [3.05, 3.63) is 45.5 Å². The fourth-order valence-electron chi connectivity index (χ4n) is 2.12. The van der Waals surface area contributed by atoms with Gasteiger partial charge < -0.3 is 24.7 Å². The average Bonchev–Trinajstić information content (AvgIpc) is 2.66. The molecule has 0 aliphatic carbocycles. The van der Waals surface area contributed by atoms with E-state index in [0.717, 1.165) is 14.9 Å². The lowest BCUT2D eigenvalue weighted by atomic mass is 10.2. The minimum Gasteiger partial charge on any atom is -0.497 e. The molecule has 0 radical (unpaired) electrons. The Balaban J connectivity index is 1.96. The zero-order valence-electron chi connectivity index (χ0n) is 14.9. The van der Waals surface area contributed by atoms with Crippen molar-refractivity contribution >= 4 is 34.8 Å². The van der Waals surface area contributed by atoms with E-state index >= 15 is 0 Å². The summed E-state index contributed by atoms with van der Waals surface area (Å²) >= 11 is 2.14. The molecule has 0 aliphatic rings. The Morgan fingerprint density at radius 2 is 1.89 bits per heavy atom. The van der Waals surface area contributed by atoms with E-state index in [4.69, 9.17) is 24.7 Å². The summed E-state index contributed by atoms with van der Waals surface area (Å²) in [5.41, 5.74) is 7.83. The summed E-state index contributed by atoms with van der Waals surface area (Å²) in [5, 5.41) is 3.73. The molecule has 0 unspecified atom stereocenters. The van der Waals surface area contributed by atoms with Gasteiger partial charge in [-0.2, -0.15) is 5.10 Å². The molecule has 2 rings (SSSR count). The largest absolute Gasteiger partial charge is 0.497 e. The van der Waals surface area contributed by atoms with Crippen LogP contribution in [-0.4, -0.2) is 39.7 Å². The molecule has 0 bridgehead atoms. The van der Waals surface area contributed by atoms with Crippen molar-refractivity contribution < 1.29 is 23.7 Å². The highest BCUT2D eigenvalue weighted by Crippen LogP contribution is 2.33. The van der Waals surface area contributed by atoms with Gasteiger partial charge in [0.2, 0.25) is 0 Å². The number of hydrogen-bond donors (Lipinski definition) is 2. The number of halogens is 1. The number of methoxy groups -OCH3 is 2. The van der Waals surface area contributed by atoms with Crippen LogP contribution >= 0.6 is 22.6 Å². The summed E-state index contributed by atoms with van der Waals surface area (Å²) in [7, 11) is 3.16. The number of ether oxygens (including phenoxy) is 4. The van der Waals surface area contributed by atoms with Crippen molar-refractivity contribution in [1.82, 2.24) is 5.43 Å². The number of urea groups is 1. The Labute approximate surface area is 170 Å². The third-order valence-electron chi connectivity index (χ3n) is 3.28. The van der Waals surface area contributed by atoms with Crippen molar-refractivity contribution in [1.29, 1.82) is 0 Å². The van der Waals surface area contributed by atoms with Crippen molar-refractivity contribution in [2.45, 2.75) is 0 Å². The Bertz CT molecular complexity index is 814. The zero-order chi connectivity index (χ0) is 19.6. The molecular formula is C18H20IN3O5. The second kappa shape index (κ2) is 10.5. The van der Waals surface area contributed by atoms with Crippen LogP contribution in [0.2, 0.25) is 0 Å². The summed E-state index contributed by atoms with van der Waals surface area (Å²) in [6.07, 6.45) is 1.46. The molecule has 3 N–H and O–H groups in total. The zero-order valence-corrected chi connectivity index (χ0v) is 17.1. The first-order chi connectivity index (χ1) is 13.0. The monoisotopic (exact) mass is 485 g/mol. The maximum absolute atomic E-state index is 10.7. The lowest BCUT2D eigenvalue weighted by Gasteiger charge is -2.14. The number of hydrazone groups is 1. The summed E-state index contributed by atoms with van der Waals surface area (Å²) in [4.78, 5) is 10.7. The third kappa shape index (κ3) is 6.51. The van der Waals surface area contributed by atoms with Gasteiger partial charge in [-0.3, -0.25) is 0 Å². The topological polar surface area (TPSA) is 104 Å². The van der Waals surface area contributed by atoms with E-state index in [0.29, 0.717) is 30.5 Å². The molecule has 144 valence electrons. The Hall–Kier alpha value is -2.69. The molecule has 9 heteroatoms. The molecule has 2 amide bonds. The van der Waals surface area contributed by atoms with Gasteiger partial charge in [-0.15, -0.1) is 0 Å². The highest BCUT2D eigenvalue weighted by Gasteiger charge is 2.11. The fraction of sp³-hybridized carbons (Fsp3) is 0.222. The number of rotatable bonds is 9. The second-order valence-corrected chi connectivity index (χ2v) is 6.31. The highest BCUT2D eigenvalue weighted by molar-refractivity contribution is 14.1. The first-order valence-electron chi connectivity index (χ1n) is 7.89. The van der Waals surface area contributed by atoms with Crippen molar-refractivity contribution in [3.63, 3.8) is 0 Å². The van der Waals surface area contributed by atoms with Crippen LogP contribution in [0.1, 0.15) is 5.56 Å². The predicted molar refractivity (Wildman–Crippen MR) is 110 cm³/mol. The molecule has 8 nitrogen and oxygen atoms in total. The van der Waals surface area contributed by atoms with Crippen LogP contribution in [0.5, 0.6) is 23.0 Å². The van der Waals surface area contributed by atoms with E-state index in [1.165, 1.54) is 6.21 Å². The van der Waals surface area contributed by atoms with Crippen LogP contribution in [0.4, 0.5) is 4.79 Å². The molecule has 27 heavy (non-hydrogen) atoms. The van der Waals surface area contributed by atoms with Gasteiger partial charge in [0, 0.05) is 6.07 Å². The van der Waals surface area contributed by atoms with Gasteiger partial charge in [0.15, 0.2) is 11.5 Å². The Morgan fingerprint density at radius 3 is 2.59 bits per heavy atom. The number of hydrogen-bond acceptors (Lipinski definition) is 6. The first kappa shape index (κ1) is 20.6. The van der Waals surface area contributed by atoms with Crippen LogP contribution in [0.25, 0.3) is 0 Å². The van der Waals surface area contributed by atoms with Crippen LogP contribution in [-0.2, 0) is 0 Å². The normalized spacial score (nSPS) is 10.5. The van der Waals surface area contributed by atoms with Crippen molar-refractivity contribution in [2.24, 2.45) is 10.8 Å². The SMILES string of the molecule is COc1cccc(OCCOc2c(I)cc(/C=N\NC(N)=O)cc2OC)c1.